The minimum Gasteiger partial charge on any atom is -0.491 e. The fourth-order valence-electron chi connectivity index (χ4n) is 2.24. The van der Waals surface area contributed by atoms with Crippen molar-refractivity contribution in [3.05, 3.63) is 65.2 Å². The molecule has 2 atom stereocenters. The van der Waals surface area contributed by atoms with Gasteiger partial charge in [0.05, 0.1) is 11.6 Å². The Balaban J connectivity index is 1.78. The molecule has 0 saturated carbocycles. The Hall–Kier alpha value is -2.35. The third kappa shape index (κ3) is 5.10. The largest absolute Gasteiger partial charge is 0.491 e. The first-order chi connectivity index (χ1) is 11.1. The van der Waals surface area contributed by atoms with E-state index in [2.05, 4.69) is 11.4 Å². The van der Waals surface area contributed by atoms with E-state index in [4.69, 9.17) is 10.00 Å². The van der Waals surface area contributed by atoms with Gasteiger partial charge in [-0.1, -0.05) is 30.3 Å². The molecular weight excluding hydrogens is 288 g/mol. The first kappa shape index (κ1) is 17.0. The van der Waals surface area contributed by atoms with Gasteiger partial charge in [-0.25, -0.2) is 0 Å². The molecule has 0 fully saturated rings. The molecule has 0 spiro atoms. The minimum absolute atomic E-state index is 0.0934. The van der Waals surface area contributed by atoms with Gasteiger partial charge >= 0.3 is 0 Å². The number of rotatable bonds is 7. The lowest BCUT2D eigenvalue weighted by atomic mass is 10.1. The number of hydrogen-bond acceptors (Lipinski definition) is 4. The van der Waals surface area contributed by atoms with Gasteiger partial charge in [0.25, 0.3) is 0 Å². The number of nitriles is 1. The van der Waals surface area contributed by atoms with E-state index in [1.807, 2.05) is 50.2 Å². The van der Waals surface area contributed by atoms with Crippen LogP contribution in [0, 0.1) is 18.3 Å². The summed E-state index contributed by atoms with van der Waals surface area (Å²) in [6.45, 7) is 4.69. The van der Waals surface area contributed by atoms with Crippen LogP contribution >= 0.6 is 0 Å². The summed E-state index contributed by atoms with van der Waals surface area (Å²) in [4.78, 5) is 0. The summed E-state index contributed by atoms with van der Waals surface area (Å²) in [5.74, 6) is 0.798. The van der Waals surface area contributed by atoms with Crippen LogP contribution in [0.1, 0.15) is 29.7 Å². The van der Waals surface area contributed by atoms with Gasteiger partial charge in [0.2, 0.25) is 0 Å². The molecular formula is C19H22N2O2. The van der Waals surface area contributed by atoms with Crippen LogP contribution in [0.15, 0.2) is 48.5 Å². The summed E-state index contributed by atoms with van der Waals surface area (Å²) in [5, 5.41) is 22.1. The van der Waals surface area contributed by atoms with Gasteiger partial charge in [-0.2, -0.15) is 5.26 Å². The number of ether oxygens (including phenoxy) is 1. The molecule has 0 aromatic heterocycles. The Morgan fingerprint density at radius 1 is 1.17 bits per heavy atom. The third-order valence-corrected chi connectivity index (χ3v) is 3.72. The van der Waals surface area contributed by atoms with E-state index >= 15 is 0 Å². The van der Waals surface area contributed by atoms with Crippen molar-refractivity contribution in [2.45, 2.75) is 26.0 Å². The first-order valence-corrected chi connectivity index (χ1v) is 7.70. The fraction of sp³-hybridized carbons (Fsp3) is 0.316. The Morgan fingerprint density at radius 3 is 2.52 bits per heavy atom. The summed E-state index contributed by atoms with van der Waals surface area (Å²) in [6, 6.07) is 17.4. The second-order valence-electron chi connectivity index (χ2n) is 5.59. The van der Waals surface area contributed by atoms with Gasteiger partial charge < -0.3 is 15.2 Å². The second kappa shape index (κ2) is 8.33. The number of benzene rings is 2. The smallest absolute Gasteiger partial charge is 0.122 e. The maximum atomic E-state index is 10.0. The molecule has 4 heteroatoms. The van der Waals surface area contributed by atoms with Crippen molar-refractivity contribution in [3.8, 4) is 11.8 Å². The monoisotopic (exact) mass is 310 g/mol. The normalized spacial score (nSPS) is 13.1. The molecule has 2 aromatic rings. The lowest BCUT2D eigenvalue weighted by Crippen LogP contribution is -2.33. The van der Waals surface area contributed by atoms with Gasteiger partial charge in [0.1, 0.15) is 18.5 Å². The SMILES string of the molecule is Cc1ccccc1OCC(O)CNC(C)c1ccc(C#N)cc1. The highest BCUT2D eigenvalue weighted by atomic mass is 16.5. The number of aliphatic hydroxyl groups is 1. The molecule has 0 amide bonds. The molecule has 0 aliphatic heterocycles. The number of nitrogens with zero attached hydrogens (tertiary/aromatic N) is 1. The van der Waals surface area contributed by atoms with Crippen molar-refractivity contribution in [3.63, 3.8) is 0 Å². The molecule has 2 aromatic carbocycles. The van der Waals surface area contributed by atoms with Crippen LogP contribution in [0.4, 0.5) is 0 Å². The van der Waals surface area contributed by atoms with Crippen molar-refractivity contribution in [2.24, 2.45) is 0 Å². The zero-order chi connectivity index (χ0) is 16.7. The Kier molecular flexibility index (Phi) is 6.16. The van der Waals surface area contributed by atoms with E-state index in [1.165, 1.54) is 0 Å². The molecule has 2 rings (SSSR count). The predicted octanol–water partition coefficient (Wildman–Crippen LogP) is 2.96. The van der Waals surface area contributed by atoms with E-state index in [0.29, 0.717) is 12.1 Å². The quantitative estimate of drug-likeness (QED) is 0.825. The van der Waals surface area contributed by atoms with Crippen molar-refractivity contribution in [1.82, 2.24) is 5.32 Å². The fourth-order valence-corrected chi connectivity index (χ4v) is 2.24. The van der Waals surface area contributed by atoms with Gasteiger partial charge in [-0.05, 0) is 43.2 Å². The molecule has 0 aliphatic carbocycles. The van der Waals surface area contributed by atoms with Crippen LogP contribution in [0.3, 0.4) is 0 Å². The summed E-state index contributed by atoms with van der Waals surface area (Å²) in [7, 11) is 0. The van der Waals surface area contributed by atoms with Gasteiger partial charge in [0.15, 0.2) is 0 Å². The van der Waals surface area contributed by atoms with Crippen molar-refractivity contribution in [1.29, 1.82) is 5.26 Å². The first-order valence-electron chi connectivity index (χ1n) is 7.70. The van der Waals surface area contributed by atoms with Crippen LogP contribution < -0.4 is 10.1 Å². The predicted molar refractivity (Wildman–Crippen MR) is 90.3 cm³/mol. The van der Waals surface area contributed by atoms with Crippen LogP contribution in [0.25, 0.3) is 0 Å². The topological polar surface area (TPSA) is 65.3 Å². The Labute approximate surface area is 137 Å². The second-order valence-corrected chi connectivity index (χ2v) is 5.59. The van der Waals surface area contributed by atoms with Crippen LogP contribution in [-0.2, 0) is 0 Å². The van der Waals surface area contributed by atoms with Gasteiger partial charge in [-0.15, -0.1) is 0 Å². The zero-order valence-corrected chi connectivity index (χ0v) is 13.5. The number of aryl methyl sites for hydroxylation is 1. The summed E-state index contributed by atoms with van der Waals surface area (Å²) in [6.07, 6.45) is -0.588. The molecule has 2 unspecified atom stereocenters. The molecule has 120 valence electrons. The van der Waals surface area contributed by atoms with E-state index in [9.17, 15) is 5.11 Å². The number of nitrogens with one attached hydrogen (secondary N) is 1. The molecule has 0 radical (unpaired) electrons. The Bertz CT molecular complexity index is 662. The molecule has 23 heavy (non-hydrogen) atoms. The number of hydrogen-bond donors (Lipinski definition) is 2. The third-order valence-electron chi connectivity index (χ3n) is 3.72. The molecule has 0 saturated heterocycles. The van der Waals surface area contributed by atoms with E-state index in [-0.39, 0.29) is 12.6 Å². The molecule has 0 aliphatic rings. The van der Waals surface area contributed by atoms with Crippen molar-refractivity contribution in [2.75, 3.05) is 13.2 Å². The average Bonchev–Trinajstić information content (AvgIpc) is 2.59. The summed E-state index contributed by atoms with van der Waals surface area (Å²) >= 11 is 0. The zero-order valence-electron chi connectivity index (χ0n) is 13.5. The van der Waals surface area contributed by atoms with Gasteiger partial charge in [-0.3, -0.25) is 0 Å². The van der Waals surface area contributed by atoms with Crippen molar-refractivity contribution >= 4 is 0 Å². The number of para-hydroxylation sites is 1. The van der Waals surface area contributed by atoms with Crippen LogP contribution in [0.2, 0.25) is 0 Å². The van der Waals surface area contributed by atoms with E-state index in [0.717, 1.165) is 16.9 Å². The molecule has 2 N–H and O–H groups in total. The number of aliphatic hydroxyl groups excluding tert-OH is 1. The van der Waals surface area contributed by atoms with Crippen LogP contribution in [-0.4, -0.2) is 24.4 Å². The maximum absolute atomic E-state index is 10.0. The minimum atomic E-state index is -0.588. The van der Waals surface area contributed by atoms with Crippen molar-refractivity contribution < 1.29 is 9.84 Å². The Morgan fingerprint density at radius 2 is 1.87 bits per heavy atom. The molecule has 4 nitrogen and oxygen atoms in total. The maximum Gasteiger partial charge on any atom is 0.122 e. The standard InChI is InChI=1S/C19H22N2O2/c1-14-5-3-4-6-19(14)23-13-18(22)12-21-15(2)17-9-7-16(11-20)8-10-17/h3-10,15,18,21-22H,12-13H2,1-2H3. The van der Waals surface area contributed by atoms with E-state index in [1.54, 1.807) is 12.1 Å². The lowest BCUT2D eigenvalue weighted by Gasteiger charge is -2.18. The lowest BCUT2D eigenvalue weighted by molar-refractivity contribution is 0.104. The van der Waals surface area contributed by atoms with Crippen LogP contribution in [0.5, 0.6) is 5.75 Å². The van der Waals surface area contributed by atoms with Gasteiger partial charge in [0, 0.05) is 12.6 Å². The molecule has 0 bridgehead atoms. The molecule has 0 heterocycles. The summed E-state index contributed by atoms with van der Waals surface area (Å²) < 4.78 is 5.64. The summed E-state index contributed by atoms with van der Waals surface area (Å²) in [5.41, 5.74) is 2.78. The highest BCUT2D eigenvalue weighted by molar-refractivity contribution is 5.33. The highest BCUT2D eigenvalue weighted by Crippen LogP contribution is 2.16. The highest BCUT2D eigenvalue weighted by Gasteiger charge is 2.10. The van der Waals surface area contributed by atoms with E-state index < -0.39 is 6.10 Å². The average molecular weight is 310 g/mol.